The summed E-state index contributed by atoms with van der Waals surface area (Å²) in [6.45, 7) is 0.982. The van der Waals surface area contributed by atoms with Crippen LogP contribution in [0.25, 0.3) is 0 Å². The molecule has 0 amide bonds. The van der Waals surface area contributed by atoms with Crippen LogP contribution in [0.1, 0.15) is 27.1 Å². The van der Waals surface area contributed by atoms with Crippen molar-refractivity contribution in [1.82, 2.24) is 0 Å². The number of alkyl halides is 1. The summed E-state index contributed by atoms with van der Waals surface area (Å²) in [6, 6.07) is 6.69. The molecule has 1 unspecified atom stereocenters. The summed E-state index contributed by atoms with van der Waals surface area (Å²) in [5, 5.41) is -0.982. The van der Waals surface area contributed by atoms with Gasteiger partial charge in [-0.3, -0.25) is 14.6 Å². The van der Waals surface area contributed by atoms with Crippen molar-refractivity contribution in [2.24, 2.45) is 4.99 Å². The number of benzene rings is 1. The van der Waals surface area contributed by atoms with Crippen molar-refractivity contribution in [1.29, 1.82) is 0 Å². The van der Waals surface area contributed by atoms with Crippen molar-refractivity contribution >= 4 is 28.9 Å². The van der Waals surface area contributed by atoms with E-state index in [9.17, 15) is 9.59 Å². The lowest BCUT2D eigenvalue weighted by molar-refractivity contribution is 0.0967. The summed E-state index contributed by atoms with van der Waals surface area (Å²) < 4.78 is 4.91. The first-order chi connectivity index (χ1) is 9.16. The fraction of sp³-hybridized carbons (Fsp3) is 0.357. The van der Waals surface area contributed by atoms with E-state index in [2.05, 4.69) is 4.99 Å². The number of aliphatic imine (C=N–C) groups is 1. The van der Waals surface area contributed by atoms with E-state index >= 15 is 0 Å². The average Bonchev–Trinajstić information content (AvgIpc) is 2.44. The molecule has 1 aromatic rings. The van der Waals surface area contributed by atoms with E-state index in [1.54, 1.807) is 31.4 Å². The molecule has 19 heavy (non-hydrogen) atoms. The third-order valence-electron chi connectivity index (χ3n) is 2.93. The number of halogens is 1. The molecule has 0 fully saturated rings. The van der Waals surface area contributed by atoms with Crippen molar-refractivity contribution < 1.29 is 14.3 Å². The first kappa shape index (κ1) is 13.9. The molecule has 0 aromatic heterocycles. The van der Waals surface area contributed by atoms with Crippen LogP contribution in [0, 0.1) is 0 Å². The molecule has 0 spiro atoms. The number of carbonyl (C=O) groups excluding carboxylic acids is 2. The number of fused-ring (bicyclic) bond motifs is 1. The first-order valence-electron chi connectivity index (χ1n) is 6.02. The highest BCUT2D eigenvalue weighted by atomic mass is 35.5. The standard InChI is InChI=1S/C14H14ClNO3/c1-19-8-4-7-16-12-11(15)13(17)9-5-2-3-6-10(9)14(12)18/h2-3,5-6,11H,4,7-8H2,1H3. The Morgan fingerprint density at radius 3 is 2.63 bits per heavy atom. The molecule has 1 aliphatic rings. The van der Waals surface area contributed by atoms with Gasteiger partial charge in [0.25, 0.3) is 0 Å². The van der Waals surface area contributed by atoms with Gasteiger partial charge in [-0.2, -0.15) is 0 Å². The first-order valence-corrected chi connectivity index (χ1v) is 6.45. The molecule has 0 saturated carbocycles. The zero-order valence-electron chi connectivity index (χ0n) is 10.6. The molecule has 100 valence electrons. The van der Waals surface area contributed by atoms with Gasteiger partial charge in [0, 0.05) is 31.4 Å². The highest BCUT2D eigenvalue weighted by Crippen LogP contribution is 2.23. The summed E-state index contributed by atoms with van der Waals surface area (Å²) in [7, 11) is 1.60. The molecule has 0 bridgehead atoms. The van der Waals surface area contributed by atoms with Crippen molar-refractivity contribution in [2.75, 3.05) is 20.3 Å². The third kappa shape index (κ3) is 2.74. The number of hydrogen-bond acceptors (Lipinski definition) is 4. The van der Waals surface area contributed by atoms with Gasteiger partial charge in [-0.1, -0.05) is 24.3 Å². The predicted octanol–water partition coefficient (Wildman–Crippen LogP) is 2.15. The van der Waals surface area contributed by atoms with E-state index in [-0.39, 0.29) is 17.3 Å². The maximum Gasteiger partial charge on any atom is 0.209 e. The second kappa shape index (κ2) is 6.08. The minimum Gasteiger partial charge on any atom is -0.385 e. The van der Waals surface area contributed by atoms with Crippen LogP contribution >= 0.6 is 11.6 Å². The number of ketones is 2. The smallest absolute Gasteiger partial charge is 0.209 e. The van der Waals surface area contributed by atoms with Crippen molar-refractivity contribution in [3.8, 4) is 0 Å². The Bertz CT molecular complexity index is 539. The van der Waals surface area contributed by atoms with Crippen LogP contribution in [-0.4, -0.2) is 42.9 Å². The van der Waals surface area contributed by atoms with Gasteiger partial charge in [0.15, 0.2) is 5.78 Å². The van der Waals surface area contributed by atoms with Crippen LogP contribution in [0.4, 0.5) is 0 Å². The molecule has 4 nitrogen and oxygen atoms in total. The highest BCUT2D eigenvalue weighted by Gasteiger charge is 2.36. The monoisotopic (exact) mass is 279 g/mol. The van der Waals surface area contributed by atoms with Crippen LogP contribution in [-0.2, 0) is 4.74 Å². The summed E-state index contributed by atoms with van der Waals surface area (Å²) in [4.78, 5) is 28.5. The van der Waals surface area contributed by atoms with E-state index in [1.165, 1.54) is 0 Å². The molecule has 5 heteroatoms. The topological polar surface area (TPSA) is 55.7 Å². The second-order valence-electron chi connectivity index (χ2n) is 4.21. The van der Waals surface area contributed by atoms with Gasteiger partial charge < -0.3 is 4.74 Å². The fourth-order valence-corrected chi connectivity index (χ4v) is 2.26. The third-order valence-corrected chi connectivity index (χ3v) is 3.33. The number of rotatable bonds is 4. The Hall–Kier alpha value is -1.52. The minimum absolute atomic E-state index is 0.140. The lowest BCUT2D eigenvalue weighted by atomic mass is 9.88. The van der Waals surface area contributed by atoms with Gasteiger partial charge in [0.2, 0.25) is 5.78 Å². The molecule has 1 aromatic carbocycles. The second-order valence-corrected chi connectivity index (χ2v) is 4.65. The number of hydrogen-bond donors (Lipinski definition) is 0. The number of carbonyl (C=O) groups is 2. The summed E-state index contributed by atoms with van der Waals surface area (Å²) in [5.41, 5.74) is 0.903. The molecular weight excluding hydrogens is 266 g/mol. The summed E-state index contributed by atoms with van der Waals surface area (Å²) >= 11 is 6.04. The number of ether oxygens (including phenoxy) is 1. The Kier molecular flexibility index (Phi) is 4.45. The average molecular weight is 280 g/mol. The maximum atomic E-state index is 12.2. The van der Waals surface area contributed by atoms with Crippen LogP contribution in [0.3, 0.4) is 0 Å². The van der Waals surface area contributed by atoms with Crippen LogP contribution in [0.5, 0.6) is 0 Å². The number of nitrogens with zero attached hydrogens (tertiary/aromatic N) is 1. The van der Waals surface area contributed by atoms with E-state index in [0.717, 1.165) is 0 Å². The van der Waals surface area contributed by atoms with Crippen LogP contribution in [0.2, 0.25) is 0 Å². The van der Waals surface area contributed by atoms with Crippen molar-refractivity contribution in [3.05, 3.63) is 35.4 Å². The summed E-state index contributed by atoms with van der Waals surface area (Å²) in [5.74, 6) is -0.519. The quantitative estimate of drug-likeness (QED) is 0.627. The molecule has 0 heterocycles. The Balaban J connectivity index is 2.28. The Labute approximate surface area is 116 Å². The van der Waals surface area contributed by atoms with Gasteiger partial charge in [0.05, 0.1) is 0 Å². The molecule has 0 radical (unpaired) electrons. The van der Waals surface area contributed by atoms with E-state index in [0.29, 0.717) is 30.7 Å². The number of methoxy groups -OCH3 is 1. The highest BCUT2D eigenvalue weighted by molar-refractivity contribution is 6.64. The molecule has 0 aliphatic heterocycles. The molecule has 0 N–H and O–H groups in total. The van der Waals surface area contributed by atoms with Crippen LogP contribution in [0.15, 0.2) is 29.3 Å². The number of Topliss-reactive ketones (excluding diaryl/α,β-unsaturated/α-hetero) is 2. The SMILES string of the molecule is COCCCN=C1C(=O)c2ccccc2C(=O)C1Cl. The molecule has 2 rings (SSSR count). The van der Waals surface area contributed by atoms with E-state index < -0.39 is 5.38 Å². The zero-order chi connectivity index (χ0) is 13.8. The normalized spacial score (nSPS) is 20.7. The molecule has 1 atom stereocenters. The maximum absolute atomic E-state index is 12.2. The van der Waals surface area contributed by atoms with Gasteiger partial charge in [-0.25, -0.2) is 0 Å². The minimum atomic E-state index is -0.982. The van der Waals surface area contributed by atoms with Gasteiger partial charge >= 0.3 is 0 Å². The van der Waals surface area contributed by atoms with Crippen molar-refractivity contribution in [3.63, 3.8) is 0 Å². The predicted molar refractivity (Wildman–Crippen MR) is 73.5 cm³/mol. The zero-order valence-corrected chi connectivity index (χ0v) is 11.3. The molecule has 0 saturated heterocycles. The lowest BCUT2D eigenvalue weighted by Gasteiger charge is -2.19. The van der Waals surface area contributed by atoms with Crippen molar-refractivity contribution in [2.45, 2.75) is 11.8 Å². The Morgan fingerprint density at radius 2 is 1.95 bits per heavy atom. The van der Waals surface area contributed by atoms with E-state index in [1.807, 2.05) is 0 Å². The molecule has 1 aliphatic carbocycles. The van der Waals surface area contributed by atoms with Gasteiger partial charge in [-0.05, 0) is 6.42 Å². The lowest BCUT2D eigenvalue weighted by Crippen LogP contribution is -2.38. The van der Waals surface area contributed by atoms with Gasteiger partial charge in [-0.15, -0.1) is 11.6 Å². The fourth-order valence-electron chi connectivity index (χ4n) is 1.97. The largest absolute Gasteiger partial charge is 0.385 e. The summed E-state index contributed by atoms with van der Waals surface area (Å²) in [6.07, 6.45) is 0.687. The Morgan fingerprint density at radius 1 is 1.26 bits per heavy atom. The van der Waals surface area contributed by atoms with Crippen LogP contribution < -0.4 is 0 Å². The molecular formula is C14H14ClNO3. The van der Waals surface area contributed by atoms with Gasteiger partial charge in [0.1, 0.15) is 11.1 Å². The van der Waals surface area contributed by atoms with E-state index in [4.69, 9.17) is 16.3 Å².